The van der Waals surface area contributed by atoms with Crippen molar-refractivity contribution in [2.24, 2.45) is 0 Å². The van der Waals surface area contributed by atoms with Crippen LogP contribution in [0.1, 0.15) is 52.5 Å². The lowest BCUT2D eigenvalue weighted by atomic mass is 9.81. The Morgan fingerprint density at radius 1 is 1.23 bits per heavy atom. The number of carbonyl (C=O) groups is 2. The van der Waals surface area contributed by atoms with Gasteiger partial charge in [0.2, 0.25) is 0 Å². The van der Waals surface area contributed by atoms with Crippen LogP contribution in [0.4, 0.5) is 4.79 Å². The topological polar surface area (TPSA) is 46.6 Å². The van der Waals surface area contributed by atoms with Crippen molar-refractivity contribution in [1.29, 1.82) is 0 Å². The molecular weight excluding hydrogens is 278 g/mol. The molecule has 1 aliphatic heterocycles. The van der Waals surface area contributed by atoms with E-state index in [0.29, 0.717) is 13.0 Å². The Bertz CT molecular complexity index is 557. The van der Waals surface area contributed by atoms with E-state index >= 15 is 0 Å². The van der Waals surface area contributed by atoms with E-state index < -0.39 is 11.1 Å². The molecule has 1 heterocycles. The number of amides is 1. The Kier molecular flexibility index (Phi) is 4.32. The Labute approximate surface area is 132 Å². The molecule has 1 aliphatic rings. The van der Waals surface area contributed by atoms with Gasteiger partial charge in [-0.25, -0.2) is 4.79 Å². The van der Waals surface area contributed by atoms with Crippen molar-refractivity contribution in [2.45, 2.75) is 58.1 Å². The fraction of sp³-hybridized carbons (Fsp3) is 0.556. The summed E-state index contributed by atoms with van der Waals surface area (Å²) in [7, 11) is 0. The summed E-state index contributed by atoms with van der Waals surface area (Å²) in [6.45, 7) is 9.74. The van der Waals surface area contributed by atoms with Crippen molar-refractivity contribution < 1.29 is 14.3 Å². The molecule has 0 spiro atoms. The van der Waals surface area contributed by atoms with Crippen LogP contribution in [0.2, 0.25) is 0 Å². The number of hydrogen-bond acceptors (Lipinski definition) is 3. The third kappa shape index (κ3) is 3.67. The van der Waals surface area contributed by atoms with Crippen molar-refractivity contribution >= 4 is 11.9 Å². The maximum absolute atomic E-state index is 12.5. The van der Waals surface area contributed by atoms with Crippen molar-refractivity contribution in [2.75, 3.05) is 6.54 Å². The summed E-state index contributed by atoms with van der Waals surface area (Å²) >= 11 is 0. The van der Waals surface area contributed by atoms with E-state index in [4.69, 9.17) is 4.74 Å². The second-order valence-corrected chi connectivity index (χ2v) is 7.51. The van der Waals surface area contributed by atoms with Gasteiger partial charge in [-0.05, 0) is 40.2 Å². The predicted octanol–water partition coefficient (Wildman–Crippen LogP) is 3.76. The van der Waals surface area contributed by atoms with Crippen LogP contribution in [0.25, 0.3) is 0 Å². The Morgan fingerprint density at radius 3 is 2.36 bits per heavy atom. The van der Waals surface area contributed by atoms with Crippen molar-refractivity contribution in [3.63, 3.8) is 0 Å². The summed E-state index contributed by atoms with van der Waals surface area (Å²) in [4.78, 5) is 26.7. The third-order valence-corrected chi connectivity index (χ3v) is 3.91. The van der Waals surface area contributed by atoms with Gasteiger partial charge >= 0.3 is 6.09 Å². The zero-order valence-corrected chi connectivity index (χ0v) is 14.1. The minimum absolute atomic E-state index is 0.177. The lowest BCUT2D eigenvalue weighted by Gasteiger charge is -2.44. The van der Waals surface area contributed by atoms with Gasteiger partial charge in [0.1, 0.15) is 11.4 Å². The first-order chi connectivity index (χ1) is 10.1. The van der Waals surface area contributed by atoms with Gasteiger partial charge < -0.3 is 9.64 Å². The molecule has 1 unspecified atom stereocenters. The van der Waals surface area contributed by atoms with Crippen LogP contribution in [0.15, 0.2) is 30.3 Å². The Balaban J connectivity index is 2.25. The summed E-state index contributed by atoms with van der Waals surface area (Å²) in [5.74, 6) is -0.0993. The second kappa shape index (κ2) is 5.75. The molecule has 1 fully saturated rings. The first-order valence-corrected chi connectivity index (χ1v) is 7.68. The first-order valence-electron chi connectivity index (χ1n) is 7.68. The minimum Gasteiger partial charge on any atom is -0.444 e. The summed E-state index contributed by atoms with van der Waals surface area (Å²) in [5, 5.41) is 0. The third-order valence-electron chi connectivity index (χ3n) is 3.91. The molecular formula is C18H25NO3. The number of ether oxygens (including phenoxy) is 1. The van der Waals surface area contributed by atoms with Crippen LogP contribution in [0.5, 0.6) is 0 Å². The molecule has 1 aromatic carbocycles. The number of Topliss-reactive ketones (excluding diaryl/α,β-unsaturated/α-hetero) is 1. The monoisotopic (exact) mass is 303 g/mol. The average Bonchev–Trinajstić information content (AvgIpc) is 2.36. The lowest BCUT2D eigenvalue weighted by molar-refractivity contribution is -0.127. The van der Waals surface area contributed by atoms with E-state index in [0.717, 1.165) is 5.56 Å². The van der Waals surface area contributed by atoms with Crippen LogP contribution >= 0.6 is 0 Å². The maximum Gasteiger partial charge on any atom is 0.410 e. The summed E-state index contributed by atoms with van der Waals surface area (Å²) in [5.41, 5.74) is -0.113. The fourth-order valence-electron chi connectivity index (χ4n) is 2.79. The number of piperidine rings is 1. The highest BCUT2D eigenvalue weighted by molar-refractivity contribution is 5.89. The quantitative estimate of drug-likeness (QED) is 0.793. The number of carbonyl (C=O) groups excluding carboxylic acids is 2. The van der Waals surface area contributed by atoms with Gasteiger partial charge in [-0.15, -0.1) is 0 Å². The van der Waals surface area contributed by atoms with E-state index in [9.17, 15) is 9.59 Å². The van der Waals surface area contributed by atoms with Crippen molar-refractivity contribution in [3.8, 4) is 0 Å². The first kappa shape index (κ1) is 16.5. The molecule has 0 N–H and O–H groups in total. The molecule has 0 bridgehead atoms. The predicted molar refractivity (Wildman–Crippen MR) is 85.8 cm³/mol. The fourth-order valence-corrected chi connectivity index (χ4v) is 2.79. The Morgan fingerprint density at radius 2 is 1.82 bits per heavy atom. The normalized spacial score (nSPS) is 21.6. The van der Waals surface area contributed by atoms with Gasteiger partial charge in [0.15, 0.2) is 0 Å². The molecule has 0 aromatic heterocycles. The molecule has 0 radical (unpaired) electrons. The number of hydrogen-bond donors (Lipinski definition) is 0. The van der Waals surface area contributed by atoms with E-state index in [1.54, 1.807) is 4.90 Å². The molecule has 1 aromatic rings. The smallest absolute Gasteiger partial charge is 0.410 e. The maximum atomic E-state index is 12.5. The molecule has 1 amide bonds. The molecule has 4 nitrogen and oxygen atoms in total. The van der Waals surface area contributed by atoms with E-state index in [2.05, 4.69) is 0 Å². The van der Waals surface area contributed by atoms with Crippen LogP contribution < -0.4 is 0 Å². The molecule has 0 aliphatic carbocycles. The Hall–Kier alpha value is -1.84. The summed E-state index contributed by atoms with van der Waals surface area (Å²) in [6.07, 6.45) is -0.0165. The van der Waals surface area contributed by atoms with Crippen LogP contribution in [-0.2, 0) is 9.53 Å². The molecule has 4 heteroatoms. The molecule has 1 saturated heterocycles. The standard InChI is InChI=1S/C18H25NO3/c1-17(2,3)22-16(21)19-12-14(13-9-7-6-8-10-13)15(20)11-18(19,4)5/h6-10,14H,11-12H2,1-5H3. The van der Waals surface area contributed by atoms with Crippen LogP contribution in [0, 0.1) is 0 Å². The SMILES string of the molecule is CC(C)(C)OC(=O)N1CC(c2ccccc2)C(=O)CC1(C)C. The minimum atomic E-state index is -0.545. The van der Waals surface area contributed by atoms with Gasteiger partial charge in [0, 0.05) is 18.5 Å². The molecule has 2 rings (SSSR count). The van der Waals surface area contributed by atoms with Crippen molar-refractivity contribution in [3.05, 3.63) is 35.9 Å². The van der Waals surface area contributed by atoms with E-state index in [1.807, 2.05) is 65.0 Å². The molecule has 120 valence electrons. The zero-order valence-electron chi connectivity index (χ0n) is 14.1. The van der Waals surface area contributed by atoms with E-state index in [1.165, 1.54) is 0 Å². The van der Waals surface area contributed by atoms with E-state index in [-0.39, 0.29) is 17.8 Å². The highest BCUT2D eigenvalue weighted by Crippen LogP contribution is 2.34. The highest BCUT2D eigenvalue weighted by Gasteiger charge is 2.43. The number of likely N-dealkylation sites (tertiary alicyclic amines) is 1. The summed E-state index contributed by atoms with van der Waals surface area (Å²) < 4.78 is 5.51. The number of benzene rings is 1. The second-order valence-electron chi connectivity index (χ2n) is 7.51. The van der Waals surface area contributed by atoms with Crippen molar-refractivity contribution in [1.82, 2.24) is 4.90 Å². The number of nitrogens with zero attached hydrogens (tertiary/aromatic N) is 1. The van der Waals surface area contributed by atoms with Gasteiger partial charge in [-0.1, -0.05) is 30.3 Å². The largest absolute Gasteiger partial charge is 0.444 e. The highest BCUT2D eigenvalue weighted by atomic mass is 16.6. The van der Waals surface area contributed by atoms with Crippen LogP contribution in [-0.4, -0.2) is 34.5 Å². The average molecular weight is 303 g/mol. The lowest BCUT2D eigenvalue weighted by Crippen LogP contribution is -2.56. The van der Waals surface area contributed by atoms with Gasteiger partial charge in [0.05, 0.1) is 5.92 Å². The van der Waals surface area contributed by atoms with Gasteiger partial charge in [-0.2, -0.15) is 0 Å². The van der Waals surface area contributed by atoms with Crippen LogP contribution in [0.3, 0.4) is 0 Å². The van der Waals surface area contributed by atoms with Gasteiger partial charge in [-0.3, -0.25) is 4.79 Å². The molecule has 0 saturated carbocycles. The summed E-state index contributed by atoms with van der Waals surface area (Å²) in [6, 6.07) is 9.63. The molecule has 22 heavy (non-hydrogen) atoms. The number of rotatable bonds is 1. The van der Waals surface area contributed by atoms with Gasteiger partial charge in [0.25, 0.3) is 0 Å². The zero-order chi connectivity index (χ0) is 16.5. The number of ketones is 1. The molecule has 1 atom stereocenters.